The van der Waals surface area contributed by atoms with Crippen LogP contribution < -0.4 is 5.32 Å². The molecule has 0 bridgehead atoms. The Hall–Kier alpha value is -2.94. The summed E-state index contributed by atoms with van der Waals surface area (Å²) in [6.45, 7) is 4.53. The van der Waals surface area contributed by atoms with Crippen molar-refractivity contribution < 1.29 is 23.0 Å². The largest absolute Gasteiger partial charge is 0.508 e. The molecule has 9 heteroatoms. The Morgan fingerprint density at radius 1 is 1.17 bits per heavy atom. The maximum Gasteiger partial charge on any atom is 0.417 e. The van der Waals surface area contributed by atoms with Crippen molar-refractivity contribution in [3.05, 3.63) is 42.2 Å². The number of nitrogens with zero attached hydrogens (tertiary/aromatic N) is 3. The smallest absolute Gasteiger partial charge is 0.417 e. The average Bonchev–Trinajstić information content (AvgIpc) is 2.99. The van der Waals surface area contributed by atoms with Gasteiger partial charge in [0.25, 0.3) is 0 Å². The molecule has 0 aliphatic carbocycles. The fourth-order valence-corrected chi connectivity index (χ4v) is 3.58. The highest BCUT2D eigenvalue weighted by molar-refractivity contribution is 6.00. The Kier molecular flexibility index (Phi) is 4.57. The number of alkyl halides is 3. The second-order valence-electron chi connectivity index (χ2n) is 7.48. The second-order valence-corrected chi connectivity index (χ2v) is 7.48. The van der Waals surface area contributed by atoms with Gasteiger partial charge in [0.2, 0.25) is 0 Å². The van der Waals surface area contributed by atoms with Crippen molar-refractivity contribution in [1.82, 2.24) is 15.2 Å². The van der Waals surface area contributed by atoms with Crippen LogP contribution in [0.3, 0.4) is 0 Å². The number of hydrogen-bond acceptors (Lipinski definition) is 6. The van der Waals surface area contributed by atoms with Crippen LogP contribution in [-0.2, 0) is 10.9 Å². The van der Waals surface area contributed by atoms with Crippen LogP contribution >= 0.6 is 0 Å². The molecule has 1 aromatic carbocycles. The first-order valence-electron chi connectivity index (χ1n) is 9.08. The van der Waals surface area contributed by atoms with Crippen LogP contribution in [0.25, 0.3) is 22.0 Å². The summed E-state index contributed by atoms with van der Waals surface area (Å²) in [4.78, 5) is 4.10. The Labute approximate surface area is 164 Å². The molecular weight excluding hydrogens is 385 g/mol. The van der Waals surface area contributed by atoms with Crippen LogP contribution in [0.15, 0.2) is 36.7 Å². The molecule has 0 radical (unpaired) electrons. The molecule has 0 spiro atoms. The molecule has 6 nitrogen and oxygen atoms in total. The molecule has 1 aliphatic rings. The van der Waals surface area contributed by atoms with Gasteiger partial charge in [0.05, 0.1) is 17.2 Å². The van der Waals surface area contributed by atoms with Crippen LogP contribution in [0.2, 0.25) is 0 Å². The number of phenols is 1. The first-order valence-corrected chi connectivity index (χ1v) is 9.08. The molecule has 4 rings (SSSR count). The van der Waals surface area contributed by atoms with Crippen molar-refractivity contribution in [3.63, 3.8) is 0 Å². The molecule has 29 heavy (non-hydrogen) atoms. The van der Waals surface area contributed by atoms with Gasteiger partial charge in [-0.1, -0.05) is 0 Å². The van der Waals surface area contributed by atoms with Crippen molar-refractivity contribution in [2.75, 3.05) is 11.9 Å². The van der Waals surface area contributed by atoms with Gasteiger partial charge in [0.1, 0.15) is 11.4 Å². The highest BCUT2D eigenvalue weighted by atomic mass is 19.4. The van der Waals surface area contributed by atoms with E-state index < -0.39 is 23.1 Å². The van der Waals surface area contributed by atoms with E-state index >= 15 is 0 Å². The van der Waals surface area contributed by atoms with Gasteiger partial charge in [0.15, 0.2) is 5.82 Å². The van der Waals surface area contributed by atoms with Gasteiger partial charge < -0.3 is 15.2 Å². The number of benzene rings is 1. The molecule has 3 heterocycles. The Balaban J connectivity index is 1.85. The second kappa shape index (κ2) is 6.84. The number of phenolic OH excluding ortho intramolecular Hbond substituents is 1. The van der Waals surface area contributed by atoms with Crippen LogP contribution in [0.5, 0.6) is 5.75 Å². The lowest BCUT2D eigenvalue weighted by atomic mass is 9.98. The maximum atomic E-state index is 13.6. The Bertz CT molecular complexity index is 1070. The zero-order valence-corrected chi connectivity index (χ0v) is 15.8. The number of aromatic hydroxyl groups is 1. The third-order valence-electron chi connectivity index (χ3n) is 5.18. The van der Waals surface area contributed by atoms with E-state index in [9.17, 15) is 18.3 Å². The summed E-state index contributed by atoms with van der Waals surface area (Å²) >= 11 is 0. The van der Waals surface area contributed by atoms with Crippen molar-refractivity contribution in [1.29, 1.82) is 0 Å². The number of nitrogens with one attached hydrogen (secondary N) is 1. The zero-order chi connectivity index (χ0) is 20.8. The molecule has 1 saturated heterocycles. The predicted molar refractivity (Wildman–Crippen MR) is 101 cm³/mol. The van der Waals surface area contributed by atoms with Gasteiger partial charge in [0, 0.05) is 35.3 Å². The number of rotatable bonds is 3. The Morgan fingerprint density at radius 3 is 2.66 bits per heavy atom. The molecule has 2 N–H and O–H groups in total. The van der Waals surface area contributed by atoms with E-state index in [4.69, 9.17) is 4.74 Å². The summed E-state index contributed by atoms with van der Waals surface area (Å²) in [5, 5.41) is 22.2. The van der Waals surface area contributed by atoms with Crippen molar-refractivity contribution in [3.8, 4) is 17.0 Å². The molecule has 3 aromatic rings. The van der Waals surface area contributed by atoms with Gasteiger partial charge in [-0.25, -0.2) is 0 Å². The van der Waals surface area contributed by atoms with E-state index in [0.717, 1.165) is 6.42 Å². The van der Waals surface area contributed by atoms with E-state index in [-0.39, 0.29) is 17.3 Å². The van der Waals surface area contributed by atoms with Crippen LogP contribution in [0.4, 0.5) is 19.0 Å². The van der Waals surface area contributed by atoms with E-state index in [1.54, 1.807) is 12.3 Å². The Morgan fingerprint density at radius 2 is 1.97 bits per heavy atom. The average molecular weight is 404 g/mol. The number of aromatic nitrogens is 3. The van der Waals surface area contributed by atoms with Crippen LogP contribution in [0, 0.1) is 0 Å². The first kappa shape index (κ1) is 19.4. The standard InChI is InChI=1S/C20H19F3N4O2/c1-19(2)16(6-8-29-19)25-18-14-10-24-7-5-12(14)17(26-27-18)13-4-3-11(28)9-15(13)20(21,22)23/h3-5,7,9-10,16,28H,6,8H2,1-2H3,(H,25,27). The van der Waals surface area contributed by atoms with E-state index in [2.05, 4.69) is 20.5 Å². The summed E-state index contributed by atoms with van der Waals surface area (Å²) in [6, 6.07) is 4.67. The summed E-state index contributed by atoms with van der Waals surface area (Å²) in [5.74, 6) is -0.0329. The topological polar surface area (TPSA) is 80.2 Å². The molecule has 2 aromatic heterocycles. The lowest BCUT2D eigenvalue weighted by molar-refractivity contribution is -0.137. The molecule has 152 valence electrons. The number of ether oxygens (including phenoxy) is 1. The molecule has 1 aliphatic heterocycles. The van der Waals surface area contributed by atoms with Gasteiger partial charge >= 0.3 is 6.18 Å². The van der Waals surface area contributed by atoms with E-state index in [1.165, 1.54) is 18.3 Å². The van der Waals surface area contributed by atoms with Gasteiger partial charge in [-0.2, -0.15) is 13.2 Å². The van der Waals surface area contributed by atoms with Gasteiger partial charge in [-0.15, -0.1) is 10.2 Å². The number of halogens is 3. The number of anilines is 1. The van der Waals surface area contributed by atoms with Crippen molar-refractivity contribution >= 4 is 16.6 Å². The van der Waals surface area contributed by atoms with Gasteiger partial charge in [-0.3, -0.25) is 4.98 Å². The summed E-state index contributed by atoms with van der Waals surface area (Å²) < 4.78 is 46.4. The minimum atomic E-state index is -4.66. The molecule has 0 amide bonds. The zero-order valence-electron chi connectivity index (χ0n) is 15.8. The number of hydrogen-bond donors (Lipinski definition) is 2. The maximum absolute atomic E-state index is 13.6. The molecule has 1 unspecified atom stereocenters. The highest BCUT2D eigenvalue weighted by Crippen LogP contribution is 2.41. The molecule has 0 saturated carbocycles. The fourth-order valence-electron chi connectivity index (χ4n) is 3.58. The predicted octanol–water partition coefficient (Wildman–Crippen LogP) is 4.40. The highest BCUT2D eigenvalue weighted by Gasteiger charge is 2.37. The molecule has 1 atom stereocenters. The number of fused-ring (bicyclic) bond motifs is 1. The van der Waals surface area contributed by atoms with Crippen molar-refractivity contribution in [2.45, 2.75) is 38.1 Å². The third-order valence-corrected chi connectivity index (χ3v) is 5.18. The summed E-state index contributed by atoms with van der Waals surface area (Å²) in [5.41, 5.74) is -1.47. The number of pyridine rings is 1. The lowest BCUT2D eigenvalue weighted by Gasteiger charge is -2.27. The normalized spacial score (nSPS) is 18.9. The fraction of sp³-hybridized carbons (Fsp3) is 0.350. The van der Waals surface area contributed by atoms with Gasteiger partial charge in [-0.05, 0) is 44.5 Å². The summed E-state index contributed by atoms with van der Waals surface area (Å²) in [7, 11) is 0. The first-order chi connectivity index (χ1) is 13.7. The van der Waals surface area contributed by atoms with Crippen LogP contribution in [0.1, 0.15) is 25.8 Å². The molecule has 1 fully saturated rings. The summed E-state index contributed by atoms with van der Waals surface area (Å²) in [6.07, 6.45) is -0.842. The van der Waals surface area contributed by atoms with Crippen LogP contribution in [-0.4, -0.2) is 38.5 Å². The SMILES string of the molecule is CC1(C)OCCC1Nc1nnc(-c2ccc(O)cc2C(F)(F)F)c2ccncc12. The quantitative estimate of drug-likeness (QED) is 0.674. The monoisotopic (exact) mass is 404 g/mol. The minimum Gasteiger partial charge on any atom is -0.508 e. The third kappa shape index (κ3) is 3.57. The van der Waals surface area contributed by atoms with E-state index in [1.807, 2.05) is 13.8 Å². The lowest BCUT2D eigenvalue weighted by Crippen LogP contribution is -2.38. The molecular formula is C20H19F3N4O2. The van der Waals surface area contributed by atoms with E-state index in [0.29, 0.717) is 29.3 Å². The van der Waals surface area contributed by atoms with Crippen molar-refractivity contribution in [2.24, 2.45) is 0 Å². The minimum absolute atomic E-state index is 0.0227.